The summed E-state index contributed by atoms with van der Waals surface area (Å²) in [6.45, 7) is 0. The van der Waals surface area contributed by atoms with Crippen LogP contribution in [0.3, 0.4) is 0 Å². The maximum absolute atomic E-state index is 13.5. The number of ketones is 1. The lowest BCUT2D eigenvalue weighted by atomic mass is 9.94. The van der Waals surface area contributed by atoms with Crippen LogP contribution in [0.15, 0.2) is 65.2 Å². The lowest BCUT2D eigenvalue weighted by molar-refractivity contribution is -0.117. The second-order valence-electron chi connectivity index (χ2n) is 7.56. The van der Waals surface area contributed by atoms with Crippen LogP contribution in [0.1, 0.15) is 21.3 Å². The van der Waals surface area contributed by atoms with Gasteiger partial charge in [-0.1, -0.05) is 29.5 Å². The van der Waals surface area contributed by atoms with E-state index in [0.717, 1.165) is 4.70 Å². The number of fused-ring (bicyclic) bond motifs is 1. The lowest BCUT2D eigenvalue weighted by Crippen LogP contribution is -2.31. The number of nitrogens with zero attached hydrogens (tertiary/aromatic N) is 2. The standard InChI is InChI=1S/C25H20N2O6S2/c1-31-13-9-10-15-18(12-13)35-25(26-15)27-20(14-6-4-7-16(32-2)23(14)33-3)19(22(29)24(27)30)21(28)17-8-5-11-34-17/h4-12,20,29H,1-3H3. The lowest BCUT2D eigenvalue weighted by Gasteiger charge is -2.26. The summed E-state index contributed by atoms with van der Waals surface area (Å²) in [5, 5.41) is 13.1. The Bertz CT molecular complexity index is 1470. The first-order valence-corrected chi connectivity index (χ1v) is 12.2. The van der Waals surface area contributed by atoms with Crippen LogP contribution in [-0.4, -0.2) is 43.1 Å². The van der Waals surface area contributed by atoms with Crippen molar-refractivity contribution >= 4 is 49.7 Å². The van der Waals surface area contributed by atoms with Crippen molar-refractivity contribution in [2.24, 2.45) is 0 Å². The Balaban J connectivity index is 1.73. The van der Waals surface area contributed by atoms with Gasteiger partial charge in [-0.2, -0.15) is 0 Å². The van der Waals surface area contributed by atoms with E-state index >= 15 is 0 Å². The summed E-state index contributed by atoms with van der Waals surface area (Å²) in [6, 6.07) is 13.0. The number of para-hydroxylation sites is 1. The Morgan fingerprint density at radius 1 is 1.06 bits per heavy atom. The summed E-state index contributed by atoms with van der Waals surface area (Å²) in [5.74, 6) is -0.333. The first kappa shape index (κ1) is 22.9. The van der Waals surface area contributed by atoms with E-state index in [0.29, 0.717) is 38.3 Å². The number of carbonyl (C=O) groups is 2. The molecular formula is C25H20N2O6S2. The second-order valence-corrected chi connectivity index (χ2v) is 9.52. The van der Waals surface area contributed by atoms with Crippen LogP contribution in [0.2, 0.25) is 0 Å². The molecule has 0 saturated carbocycles. The molecule has 1 aliphatic heterocycles. The van der Waals surface area contributed by atoms with Gasteiger partial charge in [0.25, 0.3) is 5.91 Å². The van der Waals surface area contributed by atoms with E-state index in [1.807, 2.05) is 6.07 Å². The van der Waals surface area contributed by atoms with E-state index in [-0.39, 0.29) is 5.57 Å². The van der Waals surface area contributed by atoms with Gasteiger partial charge in [0.2, 0.25) is 5.78 Å². The van der Waals surface area contributed by atoms with Gasteiger partial charge >= 0.3 is 0 Å². The summed E-state index contributed by atoms with van der Waals surface area (Å²) in [5.41, 5.74) is 1.11. The number of aliphatic hydroxyl groups is 1. The van der Waals surface area contributed by atoms with E-state index in [1.54, 1.807) is 55.0 Å². The Hall–Kier alpha value is -3.89. The quantitative estimate of drug-likeness (QED) is 0.344. The summed E-state index contributed by atoms with van der Waals surface area (Å²) in [4.78, 5) is 33.4. The number of Topliss-reactive ketones (excluding diaryl/α,β-unsaturated/α-hetero) is 1. The van der Waals surface area contributed by atoms with Gasteiger partial charge in [0.1, 0.15) is 11.8 Å². The predicted octanol–water partition coefficient (Wildman–Crippen LogP) is 5.17. The van der Waals surface area contributed by atoms with E-state index in [1.165, 1.54) is 41.8 Å². The van der Waals surface area contributed by atoms with E-state index < -0.39 is 23.5 Å². The molecule has 178 valence electrons. The number of aliphatic hydroxyl groups excluding tert-OH is 1. The number of ether oxygens (including phenoxy) is 3. The molecule has 0 spiro atoms. The van der Waals surface area contributed by atoms with Gasteiger partial charge in [-0.25, -0.2) is 4.98 Å². The normalized spacial score (nSPS) is 15.7. The van der Waals surface area contributed by atoms with E-state index in [9.17, 15) is 14.7 Å². The van der Waals surface area contributed by atoms with Gasteiger partial charge in [-0.15, -0.1) is 11.3 Å². The number of thiophene rings is 1. The highest BCUT2D eigenvalue weighted by molar-refractivity contribution is 7.22. The molecule has 2 aromatic carbocycles. The predicted molar refractivity (Wildman–Crippen MR) is 134 cm³/mol. The minimum absolute atomic E-state index is 0.0409. The van der Waals surface area contributed by atoms with Gasteiger partial charge in [0.15, 0.2) is 22.4 Å². The average molecular weight is 509 g/mol. The van der Waals surface area contributed by atoms with Gasteiger partial charge in [-0.3, -0.25) is 14.5 Å². The molecule has 1 atom stereocenters. The van der Waals surface area contributed by atoms with Crippen molar-refractivity contribution in [3.63, 3.8) is 0 Å². The zero-order chi connectivity index (χ0) is 24.7. The highest BCUT2D eigenvalue weighted by Crippen LogP contribution is 2.48. The zero-order valence-electron chi connectivity index (χ0n) is 19.0. The molecule has 8 nitrogen and oxygen atoms in total. The minimum atomic E-state index is -0.982. The molecule has 0 radical (unpaired) electrons. The number of benzene rings is 2. The third-order valence-electron chi connectivity index (χ3n) is 5.72. The fourth-order valence-electron chi connectivity index (χ4n) is 4.12. The van der Waals surface area contributed by atoms with Crippen molar-refractivity contribution < 1.29 is 28.9 Å². The topological polar surface area (TPSA) is 98.2 Å². The monoisotopic (exact) mass is 508 g/mol. The maximum atomic E-state index is 13.5. The highest BCUT2D eigenvalue weighted by atomic mass is 32.1. The first-order chi connectivity index (χ1) is 17.0. The van der Waals surface area contributed by atoms with Crippen molar-refractivity contribution in [3.8, 4) is 17.2 Å². The van der Waals surface area contributed by atoms with Crippen molar-refractivity contribution in [2.75, 3.05) is 26.2 Å². The summed E-state index contributed by atoms with van der Waals surface area (Å²) in [7, 11) is 4.56. The molecule has 0 fully saturated rings. The van der Waals surface area contributed by atoms with Gasteiger partial charge in [0, 0.05) is 5.56 Å². The molecule has 0 bridgehead atoms. The Morgan fingerprint density at radius 2 is 1.89 bits per heavy atom. The molecule has 10 heteroatoms. The van der Waals surface area contributed by atoms with E-state index in [4.69, 9.17) is 14.2 Å². The number of methoxy groups -OCH3 is 3. The maximum Gasteiger partial charge on any atom is 0.296 e. The van der Waals surface area contributed by atoms with Gasteiger partial charge < -0.3 is 19.3 Å². The van der Waals surface area contributed by atoms with Crippen LogP contribution in [-0.2, 0) is 4.79 Å². The summed E-state index contributed by atoms with van der Waals surface area (Å²) >= 11 is 2.49. The largest absolute Gasteiger partial charge is 0.503 e. The van der Waals surface area contributed by atoms with Crippen molar-refractivity contribution in [1.29, 1.82) is 0 Å². The summed E-state index contributed by atoms with van der Waals surface area (Å²) < 4.78 is 17.2. The number of anilines is 1. The summed E-state index contributed by atoms with van der Waals surface area (Å²) in [6.07, 6.45) is 0. The van der Waals surface area contributed by atoms with Crippen LogP contribution < -0.4 is 19.1 Å². The highest BCUT2D eigenvalue weighted by Gasteiger charge is 2.47. The molecule has 0 saturated heterocycles. The fourth-order valence-corrected chi connectivity index (χ4v) is 5.82. The van der Waals surface area contributed by atoms with E-state index in [2.05, 4.69) is 4.98 Å². The molecule has 1 aliphatic rings. The molecule has 5 rings (SSSR count). The number of hydrogen-bond donors (Lipinski definition) is 1. The van der Waals surface area contributed by atoms with Crippen LogP contribution in [0.25, 0.3) is 10.2 Å². The fraction of sp³-hybridized carbons (Fsp3) is 0.160. The minimum Gasteiger partial charge on any atom is -0.503 e. The van der Waals surface area contributed by atoms with Crippen LogP contribution >= 0.6 is 22.7 Å². The molecule has 2 aromatic heterocycles. The van der Waals surface area contributed by atoms with Crippen LogP contribution in [0.4, 0.5) is 5.13 Å². The van der Waals surface area contributed by atoms with Crippen LogP contribution in [0, 0.1) is 0 Å². The number of thiazole rings is 1. The van der Waals surface area contributed by atoms with Crippen molar-refractivity contribution in [1.82, 2.24) is 4.98 Å². The SMILES string of the molecule is COc1ccc2nc(N3C(=O)C(O)=C(C(=O)c4cccs4)C3c3cccc(OC)c3OC)sc2c1. The molecule has 0 aliphatic carbocycles. The third kappa shape index (κ3) is 3.71. The van der Waals surface area contributed by atoms with Gasteiger partial charge in [0.05, 0.1) is 42.0 Å². The Kier molecular flexibility index (Phi) is 5.91. The van der Waals surface area contributed by atoms with Crippen molar-refractivity contribution in [2.45, 2.75) is 6.04 Å². The van der Waals surface area contributed by atoms with Crippen molar-refractivity contribution in [3.05, 3.63) is 75.7 Å². The molecule has 1 amide bonds. The Morgan fingerprint density at radius 3 is 2.57 bits per heavy atom. The molecule has 1 unspecified atom stereocenters. The number of rotatable bonds is 7. The number of aromatic nitrogens is 1. The zero-order valence-corrected chi connectivity index (χ0v) is 20.6. The molecule has 35 heavy (non-hydrogen) atoms. The molecule has 4 aromatic rings. The molecule has 1 N–H and O–H groups in total. The van der Waals surface area contributed by atoms with Crippen LogP contribution in [0.5, 0.6) is 17.2 Å². The first-order valence-electron chi connectivity index (χ1n) is 10.5. The number of amides is 1. The molecule has 3 heterocycles. The average Bonchev–Trinajstić information content (AvgIpc) is 3.61. The second kappa shape index (κ2) is 9.05. The molecular weight excluding hydrogens is 488 g/mol. The third-order valence-corrected chi connectivity index (χ3v) is 7.60. The Labute approximate surface area is 208 Å². The smallest absolute Gasteiger partial charge is 0.296 e. The number of hydrogen-bond acceptors (Lipinski definition) is 9. The van der Waals surface area contributed by atoms with Gasteiger partial charge in [-0.05, 0) is 35.7 Å². The number of carbonyl (C=O) groups excluding carboxylic acids is 2.